The summed E-state index contributed by atoms with van der Waals surface area (Å²) in [6, 6.07) is 26.8. The molecule has 4 aromatic carbocycles. The molecule has 0 aromatic heterocycles. The van der Waals surface area contributed by atoms with Gasteiger partial charge in [-0.05, 0) is 81.0 Å². The summed E-state index contributed by atoms with van der Waals surface area (Å²) in [5.74, 6) is 0.971. The molecule has 6 atom stereocenters. The van der Waals surface area contributed by atoms with E-state index in [-0.39, 0.29) is 22.4 Å². The van der Waals surface area contributed by atoms with Crippen molar-refractivity contribution in [3.8, 4) is 0 Å². The van der Waals surface area contributed by atoms with Crippen LogP contribution >= 0.6 is 0 Å². The van der Waals surface area contributed by atoms with Crippen LogP contribution in [-0.2, 0) is 10.8 Å². The third kappa shape index (κ3) is 7.57. The van der Waals surface area contributed by atoms with E-state index in [1.54, 1.807) is 18.2 Å². The van der Waals surface area contributed by atoms with Crippen LogP contribution in [-0.4, -0.2) is 32.3 Å². The molecular weight excluding hydrogens is 656 g/mol. The highest BCUT2D eigenvalue weighted by Crippen LogP contribution is 2.45. The monoisotopic (exact) mass is 710 g/mol. The first-order chi connectivity index (χ1) is 24.9. The molecule has 0 amide bonds. The van der Waals surface area contributed by atoms with E-state index in [1.807, 2.05) is 54.6 Å². The van der Waals surface area contributed by atoms with Crippen LogP contribution in [0.3, 0.4) is 0 Å². The van der Waals surface area contributed by atoms with E-state index < -0.39 is 12.2 Å². The smallest absolute Gasteiger partial charge is 0.194 e. The molecule has 4 N–H and O–H groups in total. The van der Waals surface area contributed by atoms with Crippen LogP contribution in [0.2, 0.25) is 0 Å². The number of aliphatic hydroxyl groups is 2. The fourth-order valence-electron chi connectivity index (χ4n) is 7.79. The Kier molecular flexibility index (Phi) is 14.5. The van der Waals surface area contributed by atoms with Crippen LogP contribution in [0, 0.1) is 21.8 Å². The molecule has 0 bridgehead atoms. The number of fused-ring (bicyclic) bond motifs is 4. The van der Waals surface area contributed by atoms with E-state index >= 15 is 0 Å². The van der Waals surface area contributed by atoms with Crippen LogP contribution in [0.15, 0.2) is 84.9 Å². The van der Waals surface area contributed by atoms with Crippen LogP contribution in [0.1, 0.15) is 159 Å². The lowest BCUT2D eigenvalue weighted by Crippen LogP contribution is -2.30. The Balaban J connectivity index is 0.000000256. The molecule has 8 heteroatoms. The maximum atomic E-state index is 12.9. The minimum atomic E-state index is -0.669. The number of hydrogen-bond acceptors (Lipinski definition) is 8. The average molecular weight is 711 g/mol. The highest BCUT2D eigenvalue weighted by Gasteiger charge is 2.36. The third-order valence-electron chi connectivity index (χ3n) is 12.4. The minimum absolute atomic E-state index is 0.00404. The van der Waals surface area contributed by atoms with Gasteiger partial charge < -0.3 is 10.2 Å². The van der Waals surface area contributed by atoms with Gasteiger partial charge in [0.15, 0.2) is 11.6 Å². The first-order valence-electron chi connectivity index (χ1n) is 18.2. The SMILES string of the molecule is CCC(C)C(C)(CC)c1ccc2c(c1)C(=O)c1ccccc1C2=O.CCC(C)C(C)(CC)c1ccc2c(c1)C(O)c1ccccc1C2O.O=O.OO. The maximum Gasteiger partial charge on any atom is 0.194 e. The number of rotatable bonds is 8. The molecule has 278 valence electrons. The van der Waals surface area contributed by atoms with E-state index in [9.17, 15) is 19.8 Å². The third-order valence-corrected chi connectivity index (χ3v) is 12.4. The lowest BCUT2D eigenvalue weighted by atomic mass is 9.68. The molecule has 0 spiro atoms. The summed E-state index contributed by atoms with van der Waals surface area (Å²) >= 11 is 0. The number of benzene rings is 4. The predicted octanol–water partition coefficient (Wildman–Crippen LogP) is 10.1. The zero-order valence-electron chi connectivity index (χ0n) is 31.6. The second kappa shape index (κ2) is 17.9. The number of carbonyl (C=O) groups excluding carboxylic acids is 2. The molecule has 6 rings (SSSR count). The molecule has 0 aliphatic heterocycles. The van der Waals surface area contributed by atoms with Crippen LogP contribution in [0.25, 0.3) is 0 Å². The lowest BCUT2D eigenvalue weighted by Gasteiger charge is -2.37. The van der Waals surface area contributed by atoms with Gasteiger partial charge in [0.05, 0.1) is 0 Å². The lowest BCUT2D eigenvalue weighted by molar-refractivity contribution is -0.176. The molecule has 0 radical (unpaired) electrons. The largest absolute Gasteiger partial charge is 0.384 e. The normalized spacial score (nSPS) is 18.7. The van der Waals surface area contributed by atoms with Crippen molar-refractivity contribution in [3.63, 3.8) is 0 Å². The van der Waals surface area contributed by atoms with Crippen molar-refractivity contribution in [2.75, 3.05) is 0 Å². The fourth-order valence-corrected chi connectivity index (χ4v) is 7.79. The Morgan fingerprint density at radius 1 is 0.538 bits per heavy atom. The second-order valence-corrected chi connectivity index (χ2v) is 14.4. The second-order valence-electron chi connectivity index (χ2n) is 14.4. The van der Waals surface area contributed by atoms with Crippen molar-refractivity contribution >= 4 is 11.6 Å². The van der Waals surface area contributed by atoms with Crippen LogP contribution in [0.4, 0.5) is 0 Å². The summed E-state index contributed by atoms with van der Waals surface area (Å²) in [6.45, 7) is 18.0. The Morgan fingerprint density at radius 3 is 1.37 bits per heavy atom. The molecule has 52 heavy (non-hydrogen) atoms. The molecule has 6 unspecified atom stereocenters. The predicted molar refractivity (Wildman–Crippen MR) is 207 cm³/mol. The van der Waals surface area contributed by atoms with Gasteiger partial charge in [0.25, 0.3) is 0 Å². The number of hydrogen-bond donors (Lipinski definition) is 4. The Morgan fingerprint density at radius 2 is 0.904 bits per heavy atom. The highest BCUT2D eigenvalue weighted by molar-refractivity contribution is 6.28. The standard InChI is InChI=1S/C22H28O2.C22H24O2.H2O2.O2/c2*1-5-14(3)22(4,6-2)15-11-12-18-19(13-15)21(24)17-10-8-7-9-16(17)20(18)23;2*1-2/h7-14,20-21,23-24H,5-6H2,1-4H3;7-14H,5-6H2,1-4H3;1-2H;. The summed E-state index contributed by atoms with van der Waals surface area (Å²) in [6.07, 6.45) is 2.92. The van der Waals surface area contributed by atoms with Crippen molar-refractivity contribution in [2.45, 2.75) is 104 Å². The van der Waals surface area contributed by atoms with Crippen molar-refractivity contribution in [1.29, 1.82) is 0 Å². The molecule has 0 saturated heterocycles. The van der Waals surface area contributed by atoms with E-state index in [0.29, 0.717) is 34.1 Å². The number of carbonyl (C=O) groups is 2. The van der Waals surface area contributed by atoms with Gasteiger partial charge in [-0.2, -0.15) is 0 Å². The van der Waals surface area contributed by atoms with Gasteiger partial charge in [0, 0.05) is 32.2 Å². The van der Waals surface area contributed by atoms with Crippen molar-refractivity contribution in [1.82, 2.24) is 0 Å². The van der Waals surface area contributed by atoms with Gasteiger partial charge in [-0.3, -0.25) is 20.1 Å². The number of aliphatic hydroxyl groups excluding tert-OH is 2. The number of ketones is 2. The van der Waals surface area contributed by atoms with Crippen molar-refractivity contribution < 1.29 is 30.3 Å². The molecule has 0 saturated carbocycles. The van der Waals surface area contributed by atoms with Crippen LogP contribution < -0.4 is 0 Å². The molecule has 2 aliphatic rings. The average Bonchev–Trinajstić information content (AvgIpc) is 3.21. The van der Waals surface area contributed by atoms with Gasteiger partial charge in [-0.25, -0.2) is 0 Å². The van der Waals surface area contributed by atoms with Crippen molar-refractivity contribution in [2.24, 2.45) is 11.8 Å². The summed E-state index contributed by atoms with van der Waals surface area (Å²) < 4.78 is 0. The van der Waals surface area contributed by atoms with E-state index in [0.717, 1.165) is 53.5 Å². The first-order valence-corrected chi connectivity index (χ1v) is 18.2. The molecule has 4 aromatic rings. The quantitative estimate of drug-likeness (QED) is 0.0918. The summed E-state index contributed by atoms with van der Waals surface area (Å²) in [5.41, 5.74) is 7.91. The summed E-state index contributed by atoms with van der Waals surface area (Å²) in [5, 5.41) is 33.6. The maximum absolute atomic E-state index is 12.9. The molecule has 0 heterocycles. The van der Waals surface area contributed by atoms with Gasteiger partial charge in [0.2, 0.25) is 0 Å². The molecule has 0 fully saturated rings. The summed E-state index contributed by atoms with van der Waals surface area (Å²) in [7, 11) is 0. The minimum Gasteiger partial charge on any atom is -0.384 e. The van der Waals surface area contributed by atoms with Crippen LogP contribution in [0.5, 0.6) is 0 Å². The Hall–Kier alpha value is -4.34. The van der Waals surface area contributed by atoms with Crippen molar-refractivity contribution in [3.05, 3.63) is 150 Å². The van der Waals surface area contributed by atoms with E-state index in [1.165, 1.54) is 5.56 Å². The van der Waals surface area contributed by atoms with E-state index in [4.69, 9.17) is 20.4 Å². The zero-order chi connectivity index (χ0) is 39.0. The van der Waals surface area contributed by atoms with Gasteiger partial charge in [0.1, 0.15) is 12.2 Å². The Labute approximate surface area is 307 Å². The van der Waals surface area contributed by atoms with Gasteiger partial charge in [-0.1, -0.05) is 141 Å². The molecule has 8 nitrogen and oxygen atoms in total. The van der Waals surface area contributed by atoms with Gasteiger partial charge in [-0.15, -0.1) is 0 Å². The highest BCUT2D eigenvalue weighted by atomic mass is 17.0. The fraction of sp³-hybridized carbons (Fsp3) is 0.409. The molecule has 2 aliphatic carbocycles. The zero-order valence-corrected chi connectivity index (χ0v) is 31.6. The topological polar surface area (TPSA) is 149 Å². The molecular formula is C44H54O8. The van der Waals surface area contributed by atoms with E-state index in [2.05, 4.69) is 67.5 Å². The summed E-state index contributed by atoms with van der Waals surface area (Å²) in [4.78, 5) is 39.6. The first kappa shape index (κ1) is 42.1. The van der Waals surface area contributed by atoms with Gasteiger partial charge >= 0.3 is 0 Å². The Bertz CT molecular complexity index is 1850.